The summed E-state index contributed by atoms with van der Waals surface area (Å²) in [5, 5.41) is 9.92. The van der Waals surface area contributed by atoms with Crippen LogP contribution in [-0.2, 0) is 53.2 Å². The van der Waals surface area contributed by atoms with E-state index < -0.39 is 66.2 Å². The number of phenolic OH excluding ortho intramolecular Hbond substituents is 1. The maximum Gasteiger partial charge on any atom is 0.340 e. The third-order valence-corrected chi connectivity index (χ3v) is 7.39. The number of phenols is 1. The Hall–Kier alpha value is -5.43. The Morgan fingerprint density at radius 2 is 1.28 bits per heavy atom. The SMILES string of the molecule is COC(=O)[C@H]1O[C@@H](Oc2ccc(C3(c4ccc(O)cc4)OC(=O)c4ccccc43)cc2)[C@H](OC(C)=O)C(OC(C)=O)[C@@H]1OC(C)=O. The first-order valence-corrected chi connectivity index (χ1v) is 14.1. The fraction of sp³-hybridized carbons (Fsp3) is 0.303. The van der Waals surface area contributed by atoms with Crippen LogP contribution in [0.4, 0.5) is 0 Å². The Kier molecular flexibility index (Phi) is 8.96. The van der Waals surface area contributed by atoms with Crippen LogP contribution in [0.1, 0.15) is 47.8 Å². The van der Waals surface area contributed by atoms with Gasteiger partial charge in [-0.2, -0.15) is 0 Å². The highest BCUT2D eigenvalue weighted by molar-refractivity contribution is 5.96. The summed E-state index contributed by atoms with van der Waals surface area (Å²) in [5.74, 6) is -3.76. The first-order chi connectivity index (χ1) is 21.9. The second-order valence-corrected chi connectivity index (χ2v) is 10.5. The standard InChI is InChI=1S/C33H30O13/c1-17(34)41-26-27(42-18(2)35)29(43-19(3)36)32(45-28(26)31(39)40-4)44-23-15-11-21(12-16-23)33(20-9-13-22(37)14-10-20)25-8-6-5-7-24(25)30(38)46-33/h5-16,26-29,32,37H,1-4H3/t26-,27?,28-,29+,32+,33?/m0/s1. The minimum Gasteiger partial charge on any atom is -0.508 e. The molecule has 0 aliphatic carbocycles. The highest BCUT2D eigenvalue weighted by Gasteiger charge is 2.56. The summed E-state index contributed by atoms with van der Waals surface area (Å²) >= 11 is 0. The van der Waals surface area contributed by atoms with E-state index in [2.05, 4.69) is 0 Å². The molecule has 3 aromatic carbocycles. The topological polar surface area (TPSA) is 170 Å². The fourth-order valence-corrected chi connectivity index (χ4v) is 5.59. The average Bonchev–Trinajstić information content (AvgIpc) is 3.32. The van der Waals surface area contributed by atoms with Crippen molar-refractivity contribution in [3.63, 3.8) is 0 Å². The first-order valence-electron chi connectivity index (χ1n) is 14.1. The second kappa shape index (κ2) is 12.9. The van der Waals surface area contributed by atoms with E-state index in [0.29, 0.717) is 22.3 Å². The van der Waals surface area contributed by atoms with E-state index in [9.17, 15) is 29.1 Å². The van der Waals surface area contributed by atoms with Crippen molar-refractivity contribution in [1.82, 2.24) is 0 Å². The molecule has 1 N–H and O–H groups in total. The Bertz CT molecular complexity index is 1650. The van der Waals surface area contributed by atoms with E-state index in [0.717, 1.165) is 27.9 Å². The van der Waals surface area contributed by atoms with Crippen molar-refractivity contribution >= 4 is 29.8 Å². The van der Waals surface area contributed by atoms with Crippen LogP contribution in [0.25, 0.3) is 0 Å². The van der Waals surface area contributed by atoms with Gasteiger partial charge in [-0.25, -0.2) is 9.59 Å². The van der Waals surface area contributed by atoms with Gasteiger partial charge in [0, 0.05) is 37.5 Å². The second-order valence-electron chi connectivity index (χ2n) is 10.5. The molecule has 2 unspecified atom stereocenters. The van der Waals surface area contributed by atoms with Gasteiger partial charge in [-0.05, 0) is 30.3 Å². The van der Waals surface area contributed by atoms with Crippen LogP contribution in [-0.4, -0.2) is 72.8 Å². The zero-order valence-corrected chi connectivity index (χ0v) is 25.2. The smallest absolute Gasteiger partial charge is 0.340 e. The van der Waals surface area contributed by atoms with Gasteiger partial charge in [0.15, 0.2) is 23.9 Å². The lowest BCUT2D eigenvalue weighted by Crippen LogP contribution is -2.64. The van der Waals surface area contributed by atoms with Gasteiger partial charge in [0.25, 0.3) is 0 Å². The molecule has 0 amide bonds. The van der Waals surface area contributed by atoms with E-state index in [-0.39, 0.29) is 11.5 Å². The van der Waals surface area contributed by atoms with Crippen LogP contribution in [0.3, 0.4) is 0 Å². The summed E-state index contributed by atoms with van der Waals surface area (Å²) in [7, 11) is 1.09. The van der Waals surface area contributed by atoms with Crippen molar-refractivity contribution < 1.29 is 62.2 Å². The van der Waals surface area contributed by atoms with Crippen LogP contribution >= 0.6 is 0 Å². The van der Waals surface area contributed by atoms with Gasteiger partial charge in [0.1, 0.15) is 11.5 Å². The van der Waals surface area contributed by atoms with Crippen LogP contribution in [0.2, 0.25) is 0 Å². The molecular weight excluding hydrogens is 604 g/mol. The predicted octanol–water partition coefficient (Wildman–Crippen LogP) is 2.93. The predicted molar refractivity (Wildman–Crippen MR) is 154 cm³/mol. The highest BCUT2D eigenvalue weighted by atomic mass is 16.7. The third-order valence-electron chi connectivity index (χ3n) is 7.39. The van der Waals surface area contributed by atoms with Crippen molar-refractivity contribution in [3.8, 4) is 11.5 Å². The van der Waals surface area contributed by atoms with Gasteiger partial charge in [-0.1, -0.05) is 42.5 Å². The quantitative estimate of drug-likeness (QED) is 0.284. The minimum atomic E-state index is -1.62. The summed E-state index contributed by atoms with van der Waals surface area (Å²) in [6, 6.07) is 19.6. The number of benzene rings is 3. The van der Waals surface area contributed by atoms with Crippen molar-refractivity contribution in [2.24, 2.45) is 0 Å². The summed E-state index contributed by atoms with van der Waals surface area (Å²) in [6.07, 6.45) is -7.72. The van der Waals surface area contributed by atoms with Crippen LogP contribution in [0.5, 0.6) is 11.5 Å². The van der Waals surface area contributed by atoms with Crippen molar-refractivity contribution in [2.75, 3.05) is 7.11 Å². The lowest BCUT2D eigenvalue weighted by Gasteiger charge is -2.43. The number of rotatable bonds is 8. The zero-order valence-electron chi connectivity index (χ0n) is 25.2. The molecule has 2 aliphatic heterocycles. The Morgan fingerprint density at radius 3 is 1.87 bits per heavy atom. The number of esters is 5. The number of cyclic esters (lactones) is 1. The number of carbonyl (C=O) groups excluding carboxylic acids is 5. The third kappa shape index (κ3) is 6.09. The lowest BCUT2D eigenvalue weighted by atomic mass is 9.80. The largest absolute Gasteiger partial charge is 0.508 e. The monoisotopic (exact) mass is 634 g/mol. The van der Waals surface area contributed by atoms with E-state index in [1.807, 2.05) is 0 Å². The van der Waals surface area contributed by atoms with Crippen molar-refractivity contribution in [2.45, 2.75) is 57.1 Å². The van der Waals surface area contributed by atoms with E-state index in [4.69, 9.17) is 33.2 Å². The maximum absolute atomic E-state index is 13.0. The van der Waals surface area contributed by atoms with Gasteiger partial charge in [0.2, 0.25) is 12.4 Å². The maximum atomic E-state index is 13.0. The molecule has 6 atom stereocenters. The fourth-order valence-electron chi connectivity index (χ4n) is 5.59. The Labute approximate surface area is 262 Å². The first kappa shape index (κ1) is 32.0. The van der Waals surface area contributed by atoms with Crippen LogP contribution < -0.4 is 4.74 Å². The molecule has 2 heterocycles. The summed E-state index contributed by atoms with van der Waals surface area (Å²) in [6.45, 7) is 3.27. The minimum absolute atomic E-state index is 0.0309. The number of fused-ring (bicyclic) bond motifs is 1. The number of ether oxygens (including phenoxy) is 7. The van der Waals surface area contributed by atoms with E-state index in [1.54, 1.807) is 48.5 Å². The molecule has 1 fully saturated rings. The summed E-state index contributed by atoms with van der Waals surface area (Å²) in [5.41, 5.74) is 0.708. The molecule has 0 aromatic heterocycles. The molecule has 13 nitrogen and oxygen atoms in total. The average molecular weight is 635 g/mol. The molecule has 5 rings (SSSR count). The number of hydrogen-bond donors (Lipinski definition) is 1. The van der Waals surface area contributed by atoms with Crippen LogP contribution in [0.15, 0.2) is 72.8 Å². The van der Waals surface area contributed by atoms with E-state index in [1.165, 1.54) is 24.3 Å². The molecular formula is C33H30O13. The molecule has 0 spiro atoms. The van der Waals surface area contributed by atoms with Crippen molar-refractivity contribution in [1.29, 1.82) is 0 Å². The van der Waals surface area contributed by atoms with Gasteiger partial charge in [-0.15, -0.1) is 0 Å². The van der Waals surface area contributed by atoms with Crippen LogP contribution in [0, 0.1) is 0 Å². The van der Waals surface area contributed by atoms with Crippen molar-refractivity contribution in [3.05, 3.63) is 95.1 Å². The lowest BCUT2D eigenvalue weighted by molar-refractivity contribution is -0.282. The molecule has 0 bridgehead atoms. The van der Waals surface area contributed by atoms with Gasteiger partial charge < -0.3 is 38.3 Å². The van der Waals surface area contributed by atoms with Gasteiger partial charge in [-0.3, -0.25) is 14.4 Å². The Morgan fingerprint density at radius 1 is 0.739 bits per heavy atom. The molecule has 3 aromatic rings. The normalized spacial score (nSPS) is 25.0. The Balaban J connectivity index is 1.53. The molecule has 2 aliphatic rings. The van der Waals surface area contributed by atoms with Gasteiger partial charge >= 0.3 is 29.8 Å². The highest BCUT2D eigenvalue weighted by Crippen LogP contribution is 2.47. The van der Waals surface area contributed by atoms with Gasteiger partial charge in [0.05, 0.1) is 12.7 Å². The molecule has 0 saturated carbocycles. The summed E-state index contributed by atoms with van der Waals surface area (Å²) in [4.78, 5) is 61.9. The molecule has 46 heavy (non-hydrogen) atoms. The number of methoxy groups -OCH3 is 1. The molecule has 13 heteroatoms. The number of aromatic hydroxyl groups is 1. The van der Waals surface area contributed by atoms with E-state index >= 15 is 0 Å². The molecule has 240 valence electrons. The zero-order chi connectivity index (χ0) is 33.2. The number of hydrogen-bond acceptors (Lipinski definition) is 13. The number of carbonyl (C=O) groups is 5. The summed E-state index contributed by atoms with van der Waals surface area (Å²) < 4.78 is 38.8. The molecule has 0 radical (unpaired) electrons. The molecule has 1 saturated heterocycles.